The van der Waals surface area contributed by atoms with Crippen molar-refractivity contribution in [2.75, 3.05) is 0 Å². The predicted octanol–water partition coefficient (Wildman–Crippen LogP) is 1.44. The summed E-state index contributed by atoms with van der Waals surface area (Å²) < 4.78 is 7.11. The lowest BCUT2D eigenvalue weighted by Gasteiger charge is -2.25. The van der Waals surface area contributed by atoms with Gasteiger partial charge in [-0.1, -0.05) is 19.0 Å². The molecule has 0 fully saturated rings. The molecule has 0 aliphatic carbocycles. The third-order valence-corrected chi connectivity index (χ3v) is 3.68. The SMILES string of the molecule is Cc1cc(C(=O)N[C@H]2CCc3nnc(C(C)C)n3C2)on1. The minimum absolute atomic E-state index is 0.0592. The lowest BCUT2D eigenvalue weighted by molar-refractivity contribution is 0.0889. The van der Waals surface area contributed by atoms with Gasteiger partial charge in [-0.2, -0.15) is 0 Å². The van der Waals surface area contributed by atoms with Crippen molar-refractivity contribution in [2.24, 2.45) is 0 Å². The van der Waals surface area contributed by atoms with Gasteiger partial charge in [0, 0.05) is 31.0 Å². The number of hydrogen-bond acceptors (Lipinski definition) is 5. The van der Waals surface area contributed by atoms with E-state index in [0.717, 1.165) is 24.5 Å². The molecule has 0 saturated carbocycles. The van der Waals surface area contributed by atoms with E-state index >= 15 is 0 Å². The molecule has 1 N–H and O–H groups in total. The third-order valence-electron chi connectivity index (χ3n) is 3.68. The Bertz CT molecular complexity index is 658. The summed E-state index contributed by atoms with van der Waals surface area (Å²) >= 11 is 0. The van der Waals surface area contributed by atoms with E-state index in [4.69, 9.17) is 4.52 Å². The minimum atomic E-state index is -0.219. The Labute approximate surface area is 122 Å². The fourth-order valence-corrected chi connectivity index (χ4v) is 2.62. The van der Waals surface area contributed by atoms with Crippen molar-refractivity contribution in [3.05, 3.63) is 29.2 Å². The fraction of sp³-hybridized carbons (Fsp3) is 0.571. The molecule has 2 aromatic rings. The zero-order valence-electron chi connectivity index (χ0n) is 12.5. The molecule has 0 saturated heterocycles. The molecule has 1 aliphatic rings. The first-order valence-electron chi connectivity index (χ1n) is 7.20. The second kappa shape index (κ2) is 5.31. The number of nitrogens with zero attached hydrogens (tertiary/aromatic N) is 4. The van der Waals surface area contributed by atoms with Gasteiger partial charge < -0.3 is 14.4 Å². The lowest BCUT2D eigenvalue weighted by Crippen LogP contribution is -2.41. The van der Waals surface area contributed by atoms with Crippen molar-refractivity contribution in [1.29, 1.82) is 0 Å². The molecule has 1 amide bonds. The van der Waals surface area contributed by atoms with E-state index < -0.39 is 0 Å². The van der Waals surface area contributed by atoms with Gasteiger partial charge in [-0.3, -0.25) is 4.79 Å². The first kappa shape index (κ1) is 13.8. The van der Waals surface area contributed by atoms with E-state index in [-0.39, 0.29) is 17.7 Å². The summed E-state index contributed by atoms with van der Waals surface area (Å²) in [6.07, 6.45) is 1.68. The summed E-state index contributed by atoms with van der Waals surface area (Å²) in [7, 11) is 0. The molecule has 3 rings (SSSR count). The molecule has 7 nitrogen and oxygen atoms in total. The van der Waals surface area contributed by atoms with E-state index in [9.17, 15) is 4.79 Å². The smallest absolute Gasteiger partial charge is 0.290 e. The van der Waals surface area contributed by atoms with Crippen LogP contribution < -0.4 is 5.32 Å². The van der Waals surface area contributed by atoms with Gasteiger partial charge in [0.2, 0.25) is 5.76 Å². The van der Waals surface area contributed by atoms with Crippen LogP contribution in [0.2, 0.25) is 0 Å². The van der Waals surface area contributed by atoms with Crippen LogP contribution in [0.5, 0.6) is 0 Å². The maximum absolute atomic E-state index is 12.1. The van der Waals surface area contributed by atoms with Crippen molar-refractivity contribution < 1.29 is 9.32 Å². The molecule has 3 heterocycles. The monoisotopic (exact) mass is 289 g/mol. The zero-order valence-corrected chi connectivity index (χ0v) is 12.5. The maximum atomic E-state index is 12.1. The average molecular weight is 289 g/mol. The van der Waals surface area contributed by atoms with Crippen LogP contribution in [0, 0.1) is 6.92 Å². The van der Waals surface area contributed by atoms with Gasteiger partial charge in [0.05, 0.1) is 5.69 Å². The number of rotatable bonds is 3. The maximum Gasteiger partial charge on any atom is 0.290 e. The summed E-state index contributed by atoms with van der Waals surface area (Å²) in [5, 5.41) is 15.2. The number of nitrogens with one attached hydrogen (secondary N) is 1. The Kier molecular flexibility index (Phi) is 3.48. The standard InChI is InChI=1S/C14H19N5O2/c1-8(2)13-17-16-12-5-4-10(7-19(12)13)15-14(20)11-6-9(3)18-21-11/h6,8,10H,4-5,7H2,1-3H3,(H,15,20)/t10-/m0/s1. The summed E-state index contributed by atoms with van der Waals surface area (Å²) in [5.74, 6) is 2.33. The van der Waals surface area contributed by atoms with Gasteiger partial charge in [0.1, 0.15) is 11.6 Å². The molecule has 0 bridgehead atoms. The van der Waals surface area contributed by atoms with Gasteiger partial charge in [-0.15, -0.1) is 10.2 Å². The second-order valence-corrected chi connectivity index (χ2v) is 5.78. The summed E-state index contributed by atoms with van der Waals surface area (Å²) in [6, 6.07) is 1.70. The lowest BCUT2D eigenvalue weighted by atomic mass is 10.1. The molecule has 0 aromatic carbocycles. The molecule has 112 valence electrons. The van der Waals surface area contributed by atoms with Gasteiger partial charge in [0.25, 0.3) is 5.91 Å². The van der Waals surface area contributed by atoms with Crippen LogP contribution in [0.15, 0.2) is 10.6 Å². The van der Waals surface area contributed by atoms with Crippen LogP contribution in [0.4, 0.5) is 0 Å². The highest BCUT2D eigenvalue weighted by molar-refractivity contribution is 5.91. The largest absolute Gasteiger partial charge is 0.351 e. The van der Waals surface area contributed by atoms with Gasteiger partial charge >= 0.3 is 0 Å². The highest BCUT2D eigenvalue weighted by Gasteiger charge is 2.26. The Balaban J connectivity index is 1.71. The normalized spacial score (nSPS) is 17.8. The molecule has 1 aliphatic heterocycles. The summed E-state index contributed by atoms with van der Waals surface area (Å²) in [4.78, 5) is 12.1. The van der Waals surface area contributed by atoms with Gasteiger partial charge in [0.15, 0.2) is 0 Å². The number of amides is 1. The number of aromatic nitrogens is 4. The zero-order chi connectivity index (χ0) is 15.0. The van der Waals surface area contributed by atoms with Crippen molar-refractivity contribution in [3.8, 4) is 0 Å². The topological polar surface area (TPSA) is 85.8 Å². The van der Waals surface area contributed by atoms with E-state index in [1.165, 1.54) is 0 Å². The Hall–Kier alpha value is -2.18. The van der Waals surface area contributed by atoms with Crippen molar-refractivity contribution >= 4 is 5.91 Å². The molecule has 0 unspecified atom stereocenters. The molecule has 2 aromatic heterocycles. The van der Waals surface area contributed by atoms with E-state index in [2.05, 4.69) is 39.1 Å². The number of aryl methyl sites for hydroxylation is 2. The number of carbonyl (C=O) groups excluding carboxylic acids is 1. The number of carbonyl (C=O) groups is 1. The molecular formula is C14H19N5O2. The second-order valence-electron chi connectivity index (χ2n) is 5.78. The molecule has 0 spiro atoms. The first-order valence-corrected chi connectivity index (χ1v) is 7.20. The molecule has 1 atom stereocenters. The Morgan fingerprint density at radius 1 is 1.48 bits per heavy atom. The van der Waals surface area contributed by atoms with Crippen molar-refractivity contribution in [3.63, 3.8) is 0 Å². The Morgan fingerprint density at radius 3 is 2.95 bits per heavy atom. The van der Waals surface area contributed by atoms with Crippen LogP contribution in [-0.2, 0) is 13.0 Å². The van der Waals surface area contributed by atoms with E-state index in [0.29, 0.717) is 18.2 Å². The highest BCUT2D eigenvalue weighted by atomic mass is 16.5. The first-order chi connectivity index (χ1) is 10.0. The van der Waals surface area contributed by atoms with E-state index in [1.807, 2.05) is 0 Å². The summed E-state index contributed by atoms with van der Waals surface area (Å²) in [6.45, 7) is 6.68. The van der Waals surface area contributed by atoms with Gasteiger partial charge in [-0.25, -0.2) is 0 Å². The summed E-state index contributed by atoms with van der Waals surface area (Å²) in [5.41, 5.74) is 0.701. The Morgan fingerprint density at radius 2 is 2.29 bits per heavy atom. The van der Waals surface area contributed by atoms with Crippen LogP contribution >= 0.6 is 0 Å². The predicted molar refractivity (Wildman–Crippen MR) is 74.9 cm³/mol. The molecule has 21 heavy (non-hydrogen) atoms. The molecule has 0 radical (unpaired) electrons. The van der Waals surface area contributed by atoms with Crippen LogP contribution in [0.3, 0.4) is 0 Å². The van der Waals surface area contributed by atoms with Gasteiger partial charge in [-0.05, 0) is 13.3 Å². The average Bonchev–Trinajstić information content (AvgIpc) is 3.04. The van der Waals surface area contributed by atoms with Crippen LogP contribution in [0.1, 0.15) is 54.1 Å². The third kappa shape index (κ3) is 2.68. The molecular weight excluding hydrogens is 270 g/mol. The van der Waals surface area contributed by atoms with Crippen molar-refractivity contribution in [2.45, 2.75) is 52.1 Å². The van der Waals surface area contributed by atoms with E-state index in [1.54, 1.807) is 13.0 Å². The van der Waals surface area contributed by atoms with Crippen LogP contribution in [-0.4, -0.2) is 31.9 Å². The number of hydrogen-bond donors (Lipinski definition) is 1. The van der Waals surface area contributed by atoms with Crippen molar-refractivity contribution in [1.82, 2.24) is 25.2 Å². The highest BCUT2D eigenvalue weighted by Crippen LogP contribution is 2.20. The minimum Gasteiger partial charge on any atom is -0.351 e. The fourth-order valence-electron chi connectivity index (χ4n) is 2.62. The molecule has 7 heteroatoms. The van der Waals surface area contributed by atoms with Crippen LogP contribution in [0.25, 0.3) is 0 Å². The quantitative estimate of drug-likeness (QED) is 0.924. The number of fused-ring (bicyclic) bond motifs is 1.